The summed E-state index contributed by atoms with van der Waals surface area (Å²) in [5.74, 6) is -2.29. The van der Waals surface area contributed by atoms with Gasteiger partial charge in [0.1, 0.15) is 18.9 Å². The number of aliphatic carboxylic acids is 1. The number of nitrogens with zero attached hydrogens (tertiary/aromatic N) is 3. The van der Waals surface area contributed by atoms with Gasteiger partial charge in [-0.15, -0.1) is 0 Å². The van der Waals surface area contributed by atoms with Crippen molar-refractivity contribution in [2.75, 3.05) is 47.3 Å². The van der Waals surface area contributed by atoms with Gasteiger partial charge in [-0.2, -0.15) is 0 Å². The van der Waals surface area contributed by atoms with Gasteiger partial charge < -0.3 is 28.7 Å². The van der Waals surface area contributed by atoms with Crippen LogP contribution in [-0.2, 0) is 46.5 Å². The van der Waals surface area contributed by atoms with Crippen LogP contribution in [0.1, 0.15) is 50.2 Å². The van der Waals surface area contributed by atoms with Crippen molar-refractivity contribution in [3.63, 3.8) is 0 Å². The van der Waals surface area contributed by atoms with E-state index in [9.17, 15) is 29.1 Å². The number of carboxylic acids is 1. The number of benzene rings is 1. The predicted molar refractivity (Wildman–Crippen MR) is 151 cm³/mol. The molecule has 3 amide bonds. The van der Waals surface area contributed by atoms with E-state index in [1.807, 2.05) is 12.1 Å². The quantitative estimate of drug-likeness (QED) is 0.185. The standard InChI is InChI=1S/C30H41N3O9/c1-21(34)40-20-23-12-11-22(18-25(23)42-29-10-5-9-24(41-29)30(38)39)8-6-15-31(16-7-17-33(2,3)4)28(37)19-32-26(35)13-14-27(32)36/h11-14,18,24,29H,5-10,15-17,19-20H2,1-4H3/p+1. The van der Waals surface area contributed by atoms with Gasteiger partial charge in [0.05, 0.1) is 27.7 Å². The molecule has 12 heteroatoms. The fourth-order valence-corrected chi connectivity index (χ4v) is 4.76. The number of ether oxygens (including phenoxy) is 3. The summed E-state index contributed by atoms with van der Waals surface area (Å²) in [6.45, 7) is 2.79. The van der Waals surface area contributed by atoms with Gasteiger partial charge >= 0.3 is 11.9 Å². The second-order valence-electron chi connectivity index (χ2n) is 11.6. The highest BCUT2D eigenvalue weighted by Crippen LogP contribution is 2.28. The molecule has 0 aliphatic carbocycles. The molecule has 0 bridgehead atoms. The van der Waals surface area contributed by atoms with Crippen LogP contribution in [0.3, 0.4) is 0 Å². The molecule has 2 unspecified atom stereocenters. The first-order valence-corrected chi connectivity index (χ1v) is 14.2. The van der Waals surface area contributed by atoms with Crippen molar-refractivity contribution in [3.8, 4) is 5.75 Å². The molecule has 230 valence electrons. The van der Waals surface area contributed by atoms with Crippen LogP contribution in [0.25, 0.3) is 0 Å². The number of hydrogen-bond donors (Lipinski definition) is 1. The van der Waals surface area contributed by atoms with Gasteiger partial charge in [-0.1, -0.05) is 12.1 Å². The van der Waals surface area contributed by atoms with Gasteiger partial charge in [0, 0.05) is 50.6 Å². The number of carbonyl (C=O) groups is 5. The Morgan fingerprint density at radius 3 is 2.40 bits per heavy atom. The second kappa shape index (κ2) is 14.9. The lowest BCUT2D eigenvalue weighted by molar-refractivity contribution is -0.870. The number of quaternary nitrogens is 1. The minimum absolute atomic E-state index is 0.00259. The minimum atomic E-state index is -1.03. The van der Waals surface area contributed by atoms with Crippen LogP contribution in [0, 0.1) is 0 Å². The second-order valence-corrected chi connectivity index (χ2v) is 11.6. The van der Waals surface area contributed by atoms with Crippen LogP contribution in [0.4, 0.5) is 0 Å². The van der Waals surface area contributed by atoms with Gasteiger partial charge in [0.15, 0.2) is 6.10 Å². The van der Waals surface area contributed by atoms with Crippen molar-refractivity contribution in [2.24, 2.45) is 0 Å². The molecule has 1 N–H and O–H groups in total. The molecule has 42 heavy (non-hydrogen) atoms. The largest absolute Gasteiger partial charge is 0.479 e. The molecule has 1 fully saturated rings. The van der Waals surface area contributed by atoms with E-state index in [1.165, 1.54) is 19.1 Å². The van der Waals surface area contributed by atoms with Crippen molar-refractivity contribution in [2.45, 2.75) is 64.4 Å². The molecule has 12 nitrogen and oxygen atoms in total. The van der Waals surface area contributed by atoms with Crippen molar-refractivity contribution >= 4 is 29.7 Å². The normalized spacial score (nSPS) is 18.7. The fraction of sp³-hybridized carbons (Fsp3) is 0.567. The zero-order valence-electron chi connectivity index (χ0n) is 24.9. The molecule has 0 aromatic heterocycles. The summed E-state index contributed by atoms with van der Waals surface area (Å²) in [5, 5.41) is 9.34. The van der Waals surface area contributed by atoms with Gasteiger partial charge in [0.2, 0.25) is 12.2 Å². The Kier molecular flexibility index (Phi) is 11.6. The third kappa shape index (κ3) is 10.3. The molecular formula is C30H42N3O9+. The monoisotopic (exact) mass is 588 g/mol. The summed E-state index contributed by atoms with van der Waals surface area (Å²) in [7, 11) is 6.22. The van der Waals surface area contributed by atoms with Gasteiger partial charge in [0.25, 0.3) is 11.8 Å². The van der Waals surface area contributed by atoms with Crippen molar-refractivity contribution < 1.29 is 47.8 Å². The zero-order valence-corrected chi connectivity index (χ0v) is 24.9. The molecular weight excluding hydrogens is 546 g/mol. The molecule has 0 spiro atoms. The summed E-state index contributed by atoms with van der Waals surface area (Å²) in [6, 6.07) is 5.51. The van der Waals surface area contributed by atoms with E-state index in [2.05, 4.69) is 21.1 Å². The number of hydrogen-bond acceptors (Lipinski definition) is 8. The molecule has 0 saturated carbocycles. The summed E-state index contributed by atoms with van der Waals surface area (Å²) in [6.07, 6.45) is 4.20. The minimum Gasteiger partial charge on any atom is -0.479 e. The van der Waals surface area contributed by atoms with Crippen molar-refractivity contribution in [1.82, 2.24) is 9.80 Å². The number of carbonyl (C=O) groups excluding carboxylic acids is 4. The average Bonchev–Trinajstić information content (AvgIpc) is 3.23. The van der Waals surface area contributed by atoms with Crippen molar-refractivity contribution in [1.29, 1.82) is 0 Å². The molecule has 3 rings (SSSR count). The zero-order chi connectivity index (χ0) is 30.9. The Balaban J connectivity index is 1.67. The molecule has 2 aliphatic rings. The Hall–Kier alpha value is -3.77. The molecule has 1 aromatic rings. The topological polar surface area (TPSA) is 140 Å². The maximum atomic E-state index is 13.1. The third-order valence-electron chi connectivity index (χ3n) is 7.02. The van der Waals surface area contributed by atoms with Crippen LogP contribution in [0.15, 0.2) is 30.4 Å². The Morgan fingerprint density at radius 2 is 1.76 bits per heavy atom. The highest BCUT2D eigenvalue weighted by molar-refractivity contribution is 6.14. The Bertz CT molecular complexity index is 1170. The summed E-state index contributed by atoms with van der Waals surface area (Å²) in [5.41, 5.74) is 1.54. The van der Waals surface area contributed by atoms with E-state index in [1.54, 1.807) is 11.0 Å². The molecule has 2 atom stereocenters. The lowest BCUT2D eigenvalue weighted by Crippen LogP contribution is -2.44. The van der Waals surface area contributed by atoms with Gasteiger partial charge in [-0.25, -0.2) is 4.79 Å². The average molecular weight is 589 g/mol. The number of carboxylic acid groups (broad SMARTS) is 1. The Morgan fingerprint density at radius 1 is 1.07 bits per heavy atom. The first-order valence-electron chi connectivity index (χ1n) is 14.2. The number of imide groups is 1. The van der Waals surface area contributed by atoms with E-state index >= 15 is 0 Å². The van der Waals surface area contributed by atoms with Crippen LogP contribution in [0.5, 0.6) is 5.75 Å². The predicted octanol–water partition coefficient (Wildman–Crippen LogP) is 1.89. The molecule has 2 aliphatic heterocycles. The summed E-state index contributed by atoms with van der Waals surface area (Å²) in [4.78, 5) is 62.6. The van der Waals surface area contributed by atoms with Crippen LogP contribution in [0.2, 0.25) is 0 Å². The fourth-order valence-electron chi connectivity index (χ4n) is 4.76. The number of amides is 3. The van der Waals surface area contributed by atoms with E-state index in [0.29, 0.717) is 56.5 Å². The van der Waals surface area contributed by atoms with Gasteiger partial charge in [-0.05, 0) is 37.3 Å². The van der Waals surface area contributed by atoms with Crippen LogP contribution in [-0.4, -0.2) is 109 Å². The molecule has 0 radical (unpaired) electrons. The van der Waals surface area contributed by atoms with Crippen LogP contribution < -0.4 is 4.74 Å². The van der Waals surface area contributed by atoms with E-state index < -0.39 is 36.1 Å². The highest BCUT2D eigenvalue weighted by atomic mass is 16.7. The first-order chi connectivity index (χ1) is 19.8. The van der Waals surface area contributed by atoms with Gasteiger partial charge in [-0.3, -0.25) is 24.1 Å². The lowest BCUT2D eigenvalue weighted by Gasteiger charge is -2.29. The SMILES string of the molecule is CC(=O)OCc1ccc(CCCN(CCC[N+](C)(C)C)C(=O)CN2C(=O)C=CC2=O)cc1OC1CCCC(C(=O)O)O1. The Labute approximate surface area is 246 Å². The summed E-state index contributed by atoms with van der Waals surface area (Å²) >= 11 is 0. The smallest absolute Gasteiger partial charge is 0.332 e. The van der Waals surface area contributed by atoms with E-state index in [0.717, 1.165) is 27.9 Å². The molecule has 2 heterocycles. The maximum absolute atomic E-state index is 13.1. The van der Waals surface area contributed by atoms with Crippen molar-refractivity contribution in [3.05, 3.63) is 41.5 Å². The third-order valence-corrected chi connectivity index (χ3v) is 7.02. The first kappa shape index (κ1) is 32.7. The maximum Gasteiger partial charge on any atom is 0.332 e. The number of aryl methyl sites for hydroxylation is 1. The molecule has 1 aromatic carbocycles. The number of rotatable bonds is 15. The lowest BCUT2D eigenvalue weighted by atomic mass is 10.1. The summed E-state index contributed by atoms with van der Waals surface area (Å²) < 4.78 is 17.6. The van der Waals surface area contributed by atoms with Crippen LogP contribution >= 0.6 is 0 Å². The molecule has 1 saturated heterocycles. The van der Waals surface area contributed by atoms with E-state index in [4.69, 9.17) is 14.2 Å². The highest BCUT2D eigenvalue weighted by Gasteiger charge is 2.30. The number of esters is 1. The van der Waals surface area contributed by atoms with E-state index in [-0.39, 0.29) is 19.1 Å².